The van der Waals surface area contributed by atoms with Crippen molar-refractivity contribution in [2.75, 3.05) is 0 Å². The lowest BCUT2D eigenvalue weighted by atomic mass is 10.1. The summed E-state index contributed by atoms with van der Waals surface area (Å²) in [7, 11) is -1.23. The molecule has 1 aliphatic heterocycles. The molecule has 0 saturated heterocycles. The summed E-state index contributed by atoms with van der Waals surface area (Å²) in [5.74, 6) is 0.478. The number of aryl methyl sites for hydroxylation is 2. The molecule has 0 fully saturated rings. The zero-order valence-electron chi connectivity index (χ0n) is 9.22. The zero-order chi connectivity index (χ0) is 10.3. The lowest BCUT2D eigenvalue weighted by Crippen LogP contribution is -2.46. The van der Waals surface area contributed by atoms with Gasteiger partial charge in [0.05, 0.1) is 8.07 Å². The summed E-state index contributed by atoms with van der Waals surface area (Å²) in [5.41, 5.74) is 2.51. The van der Waals surface area contributed by atoms with Crippen LogP contribution in [-0.4, -0.2) is 13.2 Å². The fraction of sp³-hybridized carbons (Fsp3) is 0.500. The highest BCUT2D eigenvalue weighted by Crippen LogP contribution is 2.26. The van der Waals surface area contributed by atoms with E-state index in [-0.39, 0.29) is 0 Å². The molecule has 0 unspecified atom stereocenters. The van der Waals surface area contributed by atoms with Crippen LogP contribution in [-0.2, 0) is 6.42 Å². The van der Waals surface area contributed by atoms with E-state index in [0.29, 0.717) is 5.75 Å². The van der Waals surface area contributed by atoms with E-state index in [1.165, 1.54) is 29.6 Å². The second-order valence-corrected chi connectivity index (χ2v) is 9.84. The molecule has 2 heteroatoms. The molecule has 1 nitrogen and oxygen atoms in total. The van der Waals surface area contributed by atoms with Crippen molar-refractivity contribution in [1.82, 2.24) is 0 Å². The van der Waals surface area contributed by atoms with Crippen molar-refractivity contribution in [2.24, 2.45) is 0 Å². The van der Waals surface area contributed by atoms with Gasteiger partial charge in [-0.25, -0.2) is 0 Å². The van der Waals surface area contributed by atoms with E-state index >= 15 is 0 Å². The van der Waals surface area contributed by atoms with Gasteiger partial charge in [-0.15, -0.1) is 0 Å². The summed E-state index contributed by atoms with van der Waals surface area (Å²) < 4.78 is 0. The predicted octanol–water partition coefficient (Wildman–Crippen LogP) is 2.56. The van der Waals surface area contributed by atoms with Crippen molar-refractivity contribution in [2.45, 2.75) is 38.9 Å². The first-order chi connectivity index (χ1) is 6.50. The van der Waals surface area contributed by atoms with Crippen LogP contribution in [0, 0.1) is 6.92 Å². The molecule has 14 heavy (non-hydrogen) atoms. The van der Waals surface area contributed by atoms with Gasteiger partial charge < -0.3 is 5.11 Å². The van der Waals surface area contributed by atoms with Gasteiger partial charge in [-0.1, -0.05) is 36.8 Å². The molecule has 1 aromatic carbocycles. The van der Waals surface area contributed by atoms with Crippen LogP contribution in [0.2, 0.25) is 19.1 Å². The lowest BCUT2D eigenvalue weighted by molar-refractivity contribution is 0.471. The monoisotopic (exact) mass is 206 g/mol. The molecular weight excluding hydrogens is 188 g/mol. The van der Waals surface area contributed by atoms with Gasteiger partial charge in [0, 0.05) is 0 Å². The third-order valence-corrected chi connectivity index (χ3v) is 6.93. The van der Waals surface area contributed by atoms with Crippen molar-refractivity contribution >= 4 is 13.3 Å². The zero-order valence-corrected chi connectivity index (χ0v) is 10.2. The summed E-state index contributed by atoms with van der Waals surface area (Å²) in [6, 6.07) is 5.57. The van der Waals surface area contributed by atoms with Crippen molar-refractivity contribution < 1.29 is 5.11 Å². The Labute approximate surface area is 86.8 Å². The van der Waals surface area contributed by atoms with Crippen LogP contribution in [0.25, 0.3) is 0 Å². The molecular formula is C12H18OSi. The first-order valence-electron chi connectivity index (χ1n) is 5.34. The van der Waals surface area contributed by atoms with Crippen molar-refractivity contribution in [3.05, 3.63) is 23.3 Å². The van der Waals surface area contributed by atoms with E-state index in [1.54, 1.807) is 0 Å². The van der Waals surface area contributed by atoms with Gasteiger partial charge in [0.15, 0.2) is 0 Å². The van der Waals surface area contributed by atoms with Crippen LogP contribution in [0.4, 0.5) is 0 Å². The van der Waals surface area contributed by atoms with Crippen LogP contribution in [0.15, 0.2) is 12.1 Å². The molecule has 0 amide bonds. The van der Waals surface area contributed by atoms with E-state index in [1.807, 2.05) is 13.0 Å². The van der Waals surface area contributed by atoms with Gasteiger partial charge in [-0.05, 0) is 30.5 Å². The van der Waals surface area contributed by atoms with Gasteiger partial charge in [0.25, 0.3) is 0 Å². The maximum atomic E-state index is 9.73. The van der Waals surface area contributed by atoms with Crippen LogP contribution >= 0.6 is 0 Å². The SMILES string of the molecule is Cc1cc2c(cc1O)[Si](C)(C)CCC2. The molecule has 0 spiro atoms. The number of hydrogen-bond donors (Lipinski definition) is 1. The van der Waals surface area contributed by atoms with Gasteiger partial charge in [0.2, 0.25) is 0 Å². The summed E-state index contributed by atoms with van der Waals surface area (Å²) >= 11 is 0. The second-order valence-electron chi connectivity index (χ2n) is 5.03. The topological polar surface area (TPSA) is 20.2 Å². The molecule has 0 atom stereocenters. The van der Waals surface area contributed by atoms with Crippen molar-refractivity contribution in [1.29, 1.82) is 0 Å². The van der Waals surface area contributed by atoms with Gasteiger partial charge in [-0.2, -0.15) is 0 Å². The van der Waals surface area contributed by atoms with E-state index in [9.17, 15) is 5.11 Å². The molecule has 0 radical (unpaired) electrons. The van der Waals surface area contributed by atoms with Gasteiger partial charge in [-0.3, -0.25) is 0 Å². The Hall–Kier alpha value is -0.763. The predicted molar refractivity (Wildman–Crippen MR) is 63.1 cm³/mol. The fourth-order valence-electron chi connectivity index (χ4n) is 2.45. The number of rotatable bonds is 0. The number of phenols is 1. The van der Waals surface area contributed by atoms with Crippen LogP contribution in [0.1, 0.15) is 17.5 Å². The average Bonchev–Trinajstić information content (AvgIpc) is 2.08. The van der Waals surface area contributed by atoms with Gasteiger partial charge in [0.1, 0.15) is 5.75 Å². The molecule has 2 rings (SSSR count). The van der Waals surface area contributed by atoms with Crippen molar-refractivity contribution in [3.8, 4) is 5.75 Å². The Balaban J connectivity index is 2.59. The van der Waals surface area contributed by atoms with Crippen LogP contribution in [0.5, 0.6) is 5.75 Å². The molecule has 1 aliphatic rings. The number of benzene rings is 1. The molecule has 0 saturated carbocycles. The van der Waals surface area contributed by atoms with E-state index < -0.39 is 8.07 Å². The largest absolute Gasteiger partial charge is 0.508 e. The van der Waals surface area contributed by atoms with E-state index in [0.717, 1.165) is 5.56 Å². The molecule has 0 bridgehead atoms. The number of phenolic OH excluding ortho intramolecular Hbond substituents is 1. The summed E-state index contributed by atoms with van der Waals surface area (Å²) in [5, 5.41) is 11.2. The molecule has 1 heterocycles. The minimum atomic E-state index is -1.23. The maximum absolute atomic E-state index is 9.73. The minimum Gasteiger partial charge on any atom is -0.508 e. The molecule has 1 N–H and O–H groups in total. The Morgan fingerprint density at radius 1 is 1.29 bits per heavy atom. The molecule has 1 aromatic rings. The highest BCUT2D eigenvalue weighted by molar-refractivity contribution is 6.90. The number of fused-ring (bicyclic) bond motifs is 1. The first-order valence-corrected chi connectivity index (χ1v) is 8.54. The summed E-state index contributed by atoms with van der Waals surface area (Å²) in [6.45, 7) is 6.79. The Kier molecular flexibility index (Phi) is 2.18. The summed E-state index contributed by atoms with van der Waals surface area (Å²) in [6.07, 6.45) is 2.53. The fourth-order valence-corrected chi connectivity index (χ4v) is 5.37. The van der Waals surface area contributed by atoms with Gasteiger partial charge >= 0.3 is 0 Å². The normalized spacial score (nSPS) is 19.1. The lowest BCUT2D eigenvalue weighted by Gasteiger charge is -2.31. The highest BCUT2D eigenvalue weighted by atomic mass is 28.3. The third kappa shape index (κ3) is 1.48. The molecule has 0 aromatic heterocycles. The molecule has 76 valence electrons. The van der Waals surface area contributed by atoms with E-state index in [2.05, 4.69) is 19.2 Å². The maximum Gasteiger partial charge on any atom is 0.118 e. The quantitative estimate of drug-likeness (QED) is 0.647. The average molecular weight is 206 g/mol. The van der Waals surface area contributed by atoms with Crippen LogP contribution < -0.4 is 5.19 Å². The van der Waals surface area contributed by atoms with Crippen molar-refractivity contribution in [3.63, 3.8) is 0 Å². The minimum absolute atomic E-state index is 0.478. The Morgan fingerprint density at radius 2 is 2.00 bits per heavy atom. The standard InChI is InChI=1S/C12H18OSi/c1-9-7-10-5-4-6-14(2,3)12(10)8-11(9)13/h7-8,13H,4-6H2,1-3H3. The highest BCUT2D eigenvalue weighted by Gasteiger charge is 2.29. The Bertz CT molecular complexity index is 369. The number of aromatic hydroxyl groups is 1. The smallest absolute Gasteiger partial charge is 0.118 e. The second kappa shape index (κ2) is 3.12. The molecule has 0 aliphatic carbocycles. The Morgan fingerprint density at radius 3 is 2.71 bits per heavy atom. The summed E-state index contributed by atoms with van der Waals surface area (Å²) in [4.78, 5) is 0. The third-order valence-electron chi connectivity index (χ3n) is 3.40. The van der Waals surface area contributed by atoms with E-state index in [4.69, 9.17) is 0 Å². The number of hydrogen-bond acceptors (Lipinski definition) is 1. The van der Waals surface area contributed by atoms with Crippen LogP contribution in [0.3, 0.4) is 0 Å². The first kappa shape index (κ1) is 9.78.